The van der Waals surface area contributed by atoms with Gasteiger partial charge in [-0.15, -0.1) is 0 Å². The molecule has 0 fully saturated rings. The van der Waals surface area contributed by atoms with Crippen LogP contribution in [0, 0.1) is 20.8 Å². The molecule has 3 aromatic carbocycles. The molecular formula is C27H24ClNO5. The summed E-state index contributed by atoms with van der Waals surface area (Å²) in [6.45, 7) is 5.67. The van der Waals surface area contributed by atoms with Crippen LogP contribution in [0.1, 0.15) is 32.8 Å². The Bertz CT molecular complexity index is 1380. The average Bonchev–Trinajstić information content (AvgIpc) is 3.16. The van der Waals surface area contributed by atoms with Crippen LogP contribution in [0.25, 0.3) is 11.0 Å². The summed E-state index contributed by atoms with van der Waals surface area (Å²) in [5.74, 6) is 0.311. The molecule has 0 spiro atoms. The summed E-state index contributed by atoms with van der Waals surface area (Å²) >= 11 is 6.20. The van der Waals surface area contributed by atoms with E-state index in [0.29, 0.717) is 38.7 Å². The maximum Gasteiger partial charge on any atom is 0.262 e. The van der Waals surface area contributed by atoms with Crippen LogP contribution in [0.15, 0.2) is 59.0 Å². The highest BCUT2D eigenvalue weighted by atomic mass is 35.5. The van der Waals surface area contributed by atoms with Gasteiger partial charge in [-0.05, 0) is 62.2 Å². The first-order valence-corrected chi connectivity index (χ1v) is 11.1. The van der Waals surface area contributed by atoms with Crippen molar-refractivity contribution in [3.8, 4) is 11.5 Å². The zero-order valence-corrected chi connectivity index (χ0v) is 20.1. The van der Waals surface area contributed by atoms with Crippen molar-refractivity contribution in [3.63, 3.8) is 0 Å². The number of furan rings is 1. The molecule has 0 aliphatic rings. The fourth-order valence-corrected chi connectivity index (χ4v) is 4.23. The Kier molecular flexibility index (Phi) is 6.61. The van der Waals surface area contributed by atoms with Gasteiger partial charge in [-0.25, -0.2) is 0 Å². The van der Waals surface area contributed by atoms with Gasteiger partial charge in [0.25, 0.3) is 5.91 Å². The average molecular weight is 478 g/mol. The molecular weight excluding hydrogens is 454 g/mol. The molecule has 34 heavy (non-hydrogen) atoms. The number of nitrogens with one attached hydrogen (secondary N) is 1. The Morgan fingerprint density at radius 3 is 2.38 bits per heavy atom. The molecule has 0 atom stereocenters. The Balaban J connectivity index is 1.62. The van der Waals surface area contributed by atoms with Gasteiger partial charge >= 0.3 is 0 Å². The summed E-state index contributed by atoms with van der Waals surface area (Å²) in [5.41, 5.74) is 4.10. The van der Waals surface area contributed by atoms with Gasteiger partial charge in [-0.3, -0.25) is 9.59 Å². The number of ether oxygens (including phenoxy) is 2. The number of rotatable bonds is 7. The minimum absolute atomic E-state index is 0.0125. The number of carbonyl (C=O) groups is 2. The molecule has 174 valence electrons. The zero-order valence-electron chi connectivity index (χ0n) is 19.3. The minimum Gasteiger partial charge on any atom is -0.495 e. The quantitative estimate of drug-likeness (QED) is 0.317. The molecule has 0 unspecified atom stereocenters. The molecule has 0 bridgehead atoms. The molecule has 1 aromatic heterocycles. The first-order valence-electron chi connectivity index (χ1n) is 10.7. The maximum atomic E-state index is 13.3. The summed E-state index contributed by atoms with van der Waals surface area (Å²) in [6.07, 6.45) is 0. The van der Waals surface area contributed by atoms with E-state index in [-0.39, 0.29) is 12.4 Å². The van der Waals surface area contributed by atoms with Crippen LogP contribution in [-0.2, 0) is 4.79 Å². The second-order valence-corrected chi connectivity index (χ2v) is 8.45. The van der Waals surface area contributed by atoms with Gasteiger partial charge in [0.1, 0.15) is 17.1 Å². The fourth-order valence-electron chi connectivity index (χ4n) is 3.98. The van der Waals surface area contributed by atoms with Crippen LogP contribution >= 0.6 is 11.6 Å². The van der Waals surface area contributed by atoms with Crippen LogP contribution in [0.5, 0.6) is 11.5 Å². The number of benzene rings is 3. The van der Waals surface area contributed by atoms with Gasteiger partial charge in [0.05, 0.1) is 17.8 Å². The number of para-hydroxylation sites is 1. The molecule has 1 N–H and O–H groups in total. The van der Waals surface area contributed by atoms with E-state index in [2.05, 4.69) is 5.32 Å². The van der Waals surface area contributed by atoms with Crippen LogP contribution in [0.3, 0.4) is 0 Å². The standard InChI is InChI=1S/C27H24ClNO5/c1-15-11-16(2)26(17(3)12-15)33-14-23(30)29-24-19-7-5-6-8-21(19)34-27(24)25(31)18-9-10-22(32-4)20(28)13-18/h5-13H,14H2,1-4H3,(H,29,30). The third kappa shape index (κ3) is 4.63. The second-order valence-electron chi connectivity index (χ2n) is 8.05. The number of amides is 1. The molecule has 1 heterocycles. The molecule has 6 nitrogen and oxygen atoms in total. The Morgan fingerprint density at radius 1 is 1.00 bits per heavy atom. The van der Waals surface area contributed by atoms with Crippen molar-refractivity contribution in [2.45, 2.75) is 20.8 Å². The van der Waals surface area contributed by atoms with Crippen LogP contribution in [-0.4, -0.2) is 25.4 Å². The van der Waals surface area contributed by atoms with Crippen molar-refractivity contribution in [3.05, 3.63) is 87.6 Å². The lowest BCUT2D eigenvalue weighted by molar-refractivity contribution is -0.118. The third-order valence-corrected chi connectivity index (χ3v) is 5.73. The molecule has 1 amide bonds. The molecule has 0 aliphatic carbocycles. The second kappa shape index (κ2) is 9.61. The normalized spacial score (nSPS) is 10.9. The molecule has 4 aromatic rings. The Labute approximate surface area is 202 Å². The molecule has 0 aliphatic heterocycles. The van der Waals surface area contributed by atoms with E-state index in [0.717, 1.165) is 16.7 Å². The molecule has 0 saturated heterocycles. The van der Waals surface area contributed by atoms with Crippen LogP contribution in [0.2, 0.25) is 5.02 Å². The number of methoxy groups -OCH3 is 1. The van der Waals surface area contributed by atoms with Crippen molar-refractivity contribution in [2.75, 3.05) is 19.0 Å². The fraction of sp³-hybridized carbons (Fsp3) is 0.185. The Hall–Kier alpha value is -3.77. The van der Waals surface area contributed by atoms with Crippen molar-refractivity contribution >= 4 is 39.9 Å². The first kappa shape index (κ1) is 23.4. The van der Waals surface area contributed by atoms with E-state index in [1.54, 1.807) is 30.3 Å². The topological polar surface area (TPSA) is 77.8 Å². The highest BCUT2D eigenvalue weighted by Gasteiger charge is 2.24. The van der Waals surface area contributed by atoms with E-state index in [4.69, 9.17) is 25.5 Å². The molecule has 0 radical (unpaired) electrons. The van der Waals surface area contributed by atoms with Gasteiger partial charge in [0.15, 0.2) is 12.4 Å². The van der Waals surface area contributed by atoms with Gasteiger partial charge in [0.2, 0.25) is 5.78 Å². The van der Waals surface area contributed by atoms with Gasteiger partial charge in [-0.2, -0.15) is 0 Å². The van der Waals surface area contributed by atoms with Crippen LogP contribution < -0.4 is 14.8 Å². The minimum atomic E-state index is -0.415. The summed E-state index contributed by atoms with van der Waals surface area (Å²) in [4.78, 5) is 26.1. The number of carbonyl (C=O) groups excluding carboxylic acids is 2. The van der Waals surface area contributed by atoms with Crippen molar-refractivity contribution in [1.29, 1.82) is 0 Å². The first-order chi connectivity index (χ1) is 16.3. The van der Waals surface area contributed by atoms with Crippen molar-refractivity contribution in [2.24, 2.45) is 0 Å². The summed E-state index contributed by atoms with van der Waals surface area (Å²) in [6, 6.07) is 15.8. The smallest absolute Gasteiger partial charge is 0.262 e. The molecule has 4 rings (SSSR count). The lowest BCUT2D eigenvalue weighted by Crippen LogP contribution is -2.21. The van der Waals surface area contributed by atoms with E-state index >= 15 is 0 Å². The predicted molar refractivity (Wildman–Crippen MR) is 132 cm³/mol. The third-order valence-electron chi connectivity index (χ3n) is 5.43. The van der Waals surface area contributed by atoms with Gasteiger partial charge in [-0.1, -0.05) is 41.4 Å². The predicted octanol–water partition coefficient (Wildman–Crippen LogP) is 6.27. The Morgan fingerprint density at radius 2 is 1.71 bits per heavy atom. The van der Waals surface area contributed by atoms with Crippen LogP contribution in [0.4, 0.5) is 5.69 Å². The lowest BCUT2D eigenvalue weighted by atomic mass is 10.1. The van der Waals surface area contributed by atoms with Gasteiger partial charge < -0.3 is 19.2 Å². The molecule has 7 heteroatoms. The number of anilines is 1. The number of halogens is 1. The SMILES string of the molecule is COc1ccc(C(=O)c2oc3ccccc3c2NC(=O)COc2c(C)cc(C)cc2C)cc1Cl. The summed E-state index contributed by atoms with van der Waals surface area (Å²) in [7, 11) is 1.50. The summed E-state index contributed by atoms with van der Waals surface area (Å²) in [5, 5.41) is 3.72. The van der Waals surface area contributed by atoms with E-state index in [1.807, 2.05) is 39.0 Å². The van der Waals surface area contributed by atoms with E-state index in [1.165, 1.54) is 13.2 Å². The number of fused-ring (bicyclic) bond motifs is 1. The number of aryl methyl sites for hydroxylation is 3. The van der Waals surface area contributed by atoms with Gasteiger partial charge in [0, 0.05) is 10.9 Å². The lowest BCUT2D eigenvalue weighted by Gasteiger charge is -2.13. The van der Waals surface area contributed by atoms with E-state index in [9.17, 15) is 9.59 Å². The van der Waals surface area contributed by atoms with Crippen molar-refractivity contribution < 1.29 is 23.5 Å². The number of hydrogen-bond acceptors (Lipinski definition) is 5. The van der Waals surface area contributed by atoms with Crippen molar-refractivity contribution in [1.82, 2.24) is 0 Å². The summed E-state index contributed by atoms with van der Waals surface area (Å²) < 4.78 is 16.8. The maximum absolute atomic E-state index is 13.3. The zero-order chi connectivity index (χ0) is 24.4. The largest absolute Gasteiger partial charge is 0.495 e. The highest BCUT2D eigenvalue weighted by molar-refractivity contribution is 6.32. The highest BCUT2D eigenvalue weighted by Crippen LogP contribution is 2.34. The van der Waals surface area contributed by atoms with E-state index < -0.39 is 11.7 Å². The molecule has 0 saturated carbocycles. The number of hydrogen-bond donors (Lipinski definition) is 1. The number of ketones is 1. The monoisotopic (exact) mass is 477 g/mol.